The van der Waals surface area contributed by atoms with Crippen LogP contribution < -0.4 is 4.74 Å². The largest absolute Gasteiger partial charge is 0.456 e. The highest BCUT2D eigenvalue weighted by Crippen LogP contribution is 2.50. The molecule has 0 saturated carbocycles. The summed E-state index contributed by atoms with van der Waals surface area (Å²) in [7, 11) is 0. The van der Waals surface area contributed by atoms with Crippen molar-refractivity contribution in [1.82, 2.24) is 0 Å². The molecule has 0 saturated heterocycles. The summed E-state index contributed by atoms with van der Waals surface area (Å²) in [5.41, 5.74) is -0.425. The molecule has 8 rings (SSSR count). The maximum atomic E-state index is 9.28. The van der Waals surface area contributed by atoms with Crippen molar-refractivity contribution in [2.45, 2.75) is 0 Å². The Hall–Kier alpha value is -4.40. The van der Waals surface area contributed by atoms with E-state index in [1.807, 2.05) is 30.3 Å². The van der Waals surface area contributed by atoms with Crippen LogP contribution in [-0.4, -0.2) is 0 Å². The van der Waals surface area contributed by atoms with E-state index in [1.54, 1.807) is 12.1 Å². The molecule has 7 aromatic rings. The van der Waals surface area contributed by atoms with Gasteiger partial charge in [-0.05, 0) is 57.4 Å². The number of benzene rings is 6. The van der Waals surface area contributed by atoms with Gasteiger partial charge in [0.2, 0.25) is 0 Å². The summed E-state index contributed by atoms with van der Waals surface area (Å²) in [5, 5.41) is 1.22. The van der Waals surface area contributed by atoms with Crippen LogP contribution in [0.15, 0.2) is 121 Å². The number of hydrogen-bond donors (Lipinski definition) is 0. The summed E-state index contributed by atoms with van der Waals surface area (Å²) in [4.78, 5) is 0. The number of ether oxygens (including phenoxy) is 1. The van der Waals surface area contributed by atoms with E-state index in [1.165, 1.54) is 11.3 Å². The van der Waals surface area contributed by atoms with Crippen molar-refractivity contribution < 1.29 is 22.6 Å². The molecule has 2 heteroatoms. The van der Waals surface area contributed by atoms with Crippen LogP contribution in [0.2, 0.25) is 0 Å². The zero-order valence-corrected chi connectivity index (χ0v) is 19.2. The quantitative estimate of drug-likeness (QED) is 0.235. The van der Waals surface area contributed by atoms with Crippen LogP contribution in [0.25, 0.3) is 64.3 Å². The van der Waals surface area contributed by atoms with E-state index >= 15 is 0 Å². The standard InChI is InChI=1S/C34H20OS/c1-2-10-22(26-15-8-18-32-34(26)28-12-4-6-17-31(28)36-32)21(9-1)23-19-20-30-33-25(23)13-7-14-27(33)24-11-3-5-16-29(24)35-30/h1-20H/i1D,2D,3D,5D,7D,9D,10D,11D,13D,14D,16D,19D,20D. The van der Waals surface area contributed by atoms with Gasteiger partial charge in [-0.15, -0.1) is 11.3 Å². The predicted molar refractivity (Wildman–Crippen MR) is 153 cm³/mol. The maximum absolute atomic E-state index is 9.28. The zero-order chi connectivity index (χ0) is 35.0. The molecule has 0 N–H and O–H groups in total. The van der Waals surface area contributed by atoms with E-state index in [0.717, 1.165) is 14.8 Å². The molecule has 168 valence electrons. The van der Waals surface area contributed by atoms with Crippen molar-refractivity contribution >= 4 is 42.3 Å². The summed E-state index contributed by atoms with van der Waals surface area (Å²) in [6, 6.07) is 5.55. The Morgan fingerprint density at radius 1 is 0.472 bits per heavy atom. The molecule has 0 spiro atoms. The van der Waals surface area contributed by atoms with Gasteiger partial charge >= 0.3 is 0 Å². The van der Waals surface area contributed by atoms with Gasteiger partial charge in [0, 0.05) is 31.1 Å². The van der Waals surface area contributed by atoms with Crippen LogP contribution in [0.4, 0.5) is 0 Å². The first-order valence-corrected chi connectivity index (χ1v) is 12.0. The van der Waals surface area contributed by atoms with Gasteiger partial charge in [0.1, 0.15) is 11.5 Å². The molecule has 0 bridgehead atoms. The van der Waals surface area contributed by atoms with Gasteiger partial charge in [-0.1, -0.05) is 96.8 Å². The summed E-state index contributed by atoms with van der Waals surface area (Å²) in [5.74, 6) is -0.740. The number of thiophene rings is 1. The van der Waals surface area contributed by atoms with E-state index in [4.69, 9.17) is 19.8 Å². The van der Waals surface area contributed by atoms with Crippen LogP contribution >= 0.6 is 11.3 Å². The van der Waals surface area contributed by atoms with Crippen LogP contribution in [0.5, 0.6) is 11.5 Å². The minimum atomic E-state index is -0.639. The molecule has 6 aromatic carbocycles. The Kier molecular flexibility index (Phi) is 2.33. The second kappa shape index (κ2) is 7.55. The van der Waals surface area contributed by atoms with E-state index < -0.39 is 78.6 Å². The fourth-order valence-electron chi connectivity index (χ4n) is 4.86. The Morgan fingerprint density at radius 3 is 2.14 bits per heavy atom. The number of para-hydroxylation sites is 1. The highest BCUT2D eigenvalue weighted by molar-refractivity contribution is 7.25. The van der Waals surface area contributed by atoms with Crippen LogP contribution in [0.1, 0.15) is 17.8 Å². The molecule has 1 aliphatic heterocycles. The summed E-state index contributed by atoms with van der Waals surface area (Å²) < 4.78 is 122. The minimum Gasteiger partial charge on any atom is -0.456 e. The smallest absolute Gasteiger partial charge is 0.135 e. The molecule has 1 aliphatic rings. The minimum absolute atomic E-state index is 0.0184. The van der Waals surface area contributed by atoms with Crippen LogP contribution in [0, 0.1) is 0 Å². The average Bonchev–Trinajstić information content (AvgIpc) is 3.49. The molecule has 0 amide bonds. The molecule has 1 nitrogen and oxygen atoms in total. The van der Waals surface area contributed by atoms with E-state index in [0.29, 0.717) is 10.9 Å². The molecular formula is C34H20OS. The maximum Gasteiger partial charge on any atom is 0.135 e. The van der Waals surface area contributed by atoms with Gasteiger partial charge < -0.3 is 4.74 Å². The SMILES string of the molecule is [2H]c1c([2H])c([2H])c2c(c1[2H])Oc1c([2H])c([2H])c(-c3c([2H])c([2H])c([2H])c([2H])c3-c3cccc4sc5ccccc5c34)c3c([2H])c([2H])c([2H])c-2c13. The number of rotatable bonds is 2. The van der Waals surface area contributed by atoms with Gasteiger partial charge in [-0.2, -0.15) is 0 Å². The van der Waals surface area contributed by atoms with Crippen molar-refractivity contribution in [2.24, 2.45) is 0 Å². The molecule has 0 radical (unpaired) electrons. The third-order valence-corrected chi connectivity index (χ3v) is 7.51. The van der Waals surface area contributed by atoms with Gasteiger partial charge in [-0.3, -0.25) is 0 Å². The zero-order valence-electron chi connectivity index (χ0n) is 31.4. The Bertz CT molecular complexity index is 2680. The molecule has 1 aromatic heterocycles. The van der Waals surface area contributed by atoms with Crippen molar-refractivity contribution in [3.05, 3.63) is 121 Å². The number of fused-ring (bicyclic) bond motifs is 5. The second-order valence-corrected chi connectivity index (χ2v) is 9.37. The molecule has 0 aliphatic carbocycles. The predicted octanol–water partition coefficient (Wildman–Crippen LogP) is 10.3. The van der Waals surface area contributed by atoms with Crippen LogP contribution in [0.3, 0.4) is 0 Å². The van der Waals surface area contributed by atoms with E-state index in [2.05, 4.69) is 0 Å². The van der Waals surface area contributed by atoms with E-state index in [9.17, 15) is 2.74 Å². The molecule has 0 unspecified atom stereocenters. The highest BCUT2D eigenvalue weighted by Gasteiger charge is 2.22. The lowest BCUT2D eigenvalue weighted by Gasteiger charge is -2.23. The molecule has 2 heterocycles. The third kappa shape index (κ3) is 2.76. The van der Waals surface area contributed by atoms with E-state index in [-0.39, 0.29) is 50.1 Å². The van der Waals surface area contributed by atoms with Gasteiger partial charge in [0.15, 0.2) is 0 Å². The number of hydrogen-bond acceptors (Lipinski definition) is 2. The Morgan fingerprint density at radius 2 is 1.22 bits per heavy atom. The van der Waals surface area contributed by atoms with Gasteiger partial charge in [0.25, 0.3) is 0 Å². The Labute approximate surface area is 231 Å². The fourth-order valence-corrected chi connectivity index (χ4v) is 5.99. The average molecular weight is 490 g/mol. The van der Waals surface area contributed by atoms with Crippen molar-refractivity contribution in [3.63, 3.8) is 0 Å². The second-order valence-electron chi connectivity index (χ2n) is 8.29. The van der Waals surface area contributed by atoms with Gasteiger partial charge in [0.05, 0.1) is 17.8 Å². The lowest BCUT2D eigenvalue weighted by molar-refractivity contribution is 0.487. The monoisotopic (exact) mass is 489 g/mol. The first-order valence-electron chi connectivity index (χ1n) is 17.6. The normalized spacial score (nSPS) is 17.2. The van der Waals surface area contributed by atoms with Crippen LogP contribution in [-0.2, 0) is 0 Å². The first-order chi connectivity index (χ1) is 23.3. The lowest BCUT2D eigenvalue weighted by atomic mass is 9.87. The molecule has 0 fully saturated rings. The summed E-state index contributed by atoms with van der Waals surface area (Å²) in [6.07, 6.45) is 0. The lowest BCUT2D eigenvalue weighted by Crippen LogP contribution is -1.98. The summed E-state index contributed by atoms with van der Waals surface area (Å²) >= 11 is 1.50. The van der Waals surface area contributed by atoms with Crippen molar-refractivity contribution in [2.75, 3.05) is 0 Å². The molecule has 36 heavy (non-hydrogen) atoms. The van der Waals surface area contributed by atoms with Gasteiger partial charge in [-0.25, -0.2) is 0 Å². The van der Waals surface area contributed by atoms with Crippen molar-refractivity contribution in [3.8, 4) is 44.9 Å². The summed E-state index contributed by atoms with van der Waals surface area (Å²) in [6.45, 7) is 0. The molecule has 0 atom stereocenters. The molecular weight excluding hydrogens is 456 g/mol. The first kappa shape index (κ1) is 11.1. The highest BCUT2D eigenvalue weighted by atomic mass is 32.1. The third-order valence-electron chi connectivity index (χ3n) is 6.37. The van der Waals surface area contributed by atoms with Crippen molar-refractivity contribution in [1.29, 1.82) is 0 Å². The Balaban J connectivity index is 1.62. The fraction of sp³-hybridized carbons (Fsp3) is 0. The topological polar surface area (TPSA) is 9.23 Å².